The Kier molecular flexibility index (Phi) is 4.26. The molecule has 2 fully saturated rings. The Morgan fingerprint density at radius 1 is 1.19 bits per heavy atom. The number of likely N-dealkylation sites (N-methyl/N-ethyl adjacent to an activating group) is 1. The van der Waals surface area contributed by atoms with Crippen molar-refractivity contribution in [1.29, 1.82) is 0 Å². The van der Waals surface area contributed by atoms with E-state index in [0.29, 0.717) is 42.3 Å². The quantitative estimate of drug-likeness (QED) is 0.838. The van der Waals surface area contributed by atoms with Crippen molar-refractivity contribution in [3.05, 3.63) is 46.4 Å². The predicted octanol–water partition coefficient (Wildman–Crippen LogP) is 1.54. The first-order valence-electron chi connectivity index (χ1n) is 9.27. The monoisotopic (exact) mass is 369 g/mol. The lowest BCUT2D eigenvalue weighted by Gasteiger charge is -2.51. The summed E-state index contributed by atoms with van der Waals surface area (Å²) in [6.07, 6.45) is 3.43. The normalized spacial score (nSPS) is 26.0. The number of rotatable bonds is 2. The van der Waals surface area contributed by atoms with Gasteiger partial charge in [0.25, 0.3) is 11.5 Å². The molecule has 0 saturated carbocycles. The van der Waals surface area contributed by atoms with Crippen LogP contribution in [0, 0.1) is 5.41 Å². The third-order valence-corrected chi connectivity index (χ3v) is 6.28. The molecule has 2 atom stereocenters. The third-order valence-electron chi connectivity index (χ3n) is 6.28. The highest BCUT2D eigenvalue weighted by atomic mass is 16.4. The fourth-order valence-corrected chi connectivity index (χ4v) is 4.73. The maximum Gasteiger partial charge on any atom is 0.311 e. The molecule has 2 aromatic rings. The second kappa shape index (κ2) is 6.49. The zero-order valence-electron chi connectivity index (χ0n) is 15.3. The number of aliphatic carboxylic acids is 1. The fraction of sp³-hybridized carbons (Fsp3) is 0.450. The van der Waals surface area contributed by atoms with Gasteiger partial charge in [-0.1, -0.05) is 18.2 Å². The number of amides is 1. The van der Waals surface area contributed by atoms with Crippen LogP contribution in [0.2, 0.25) is 0 Å². The molecule has 1 aromatic carbocycles. The molecule has 0 aliphatic carbocycles. The van der Waals surface area contributed by atoms with Crippen LogP contribution in [0.3, 0.4) is 0 Å². The van der Waals surface area contributed by atoms with Crippen molar-refractivity contribution < 1.29 is 14.7 Å². The van der Waals surface area contributed by atoms with Gasteiger partial charge in [0.05, 0.1) is 11.0 Å². The second-order valence-corrected chi connectivity index (χ2v) is 7.64. The lowest BCUT2D eigenvalue weighted by molar-refractivity contribution is -0.161. The Bertz CT molecular complexity index is 969. The number of benzene rings is 1. The van der Waals surface area contributed by atoms with Crippen molar-refractivity contribution in [3.63, 3.8) is 0 Å². The minimum Gasteiger partial charge on any atom is -0.481 e. The number of carboxylic acids is 1. The summed E-state index contributed by atoms with van der Waals surface area (Å²) < 4.78 is 0. The summed E-state index contributed by atoms with van der Waals surface area (Å²) >= 11 is 0. The first-order chi connectivity index (χ1) is 12.9. The number of carbonyl (C=O) groups is 2. The first kappa shape index (κ1) is 17.7. The highest BCUT2D eigenvalue weighted by Gasteiger charge is 2.52. The summed E-state index contributed by atoms with van der Waals surface area (Å²) in [4.78, 5) is 43.7. The maximum absolute atomic E-state index is 13.2. The summed E-state index contributed by atoms with van der Waals surface area (Å²) in [5.41, 5.74) is -0.555. The molecule has 3 heterocycles. The van der Waals surface area contributed by atoms with Crippen molar-refractivity contribution in [2.45, 2.75) is 25.3 Å². The van der Waals surface area contributed by atoms with Crippen LogP contribution in [0.1, 0.15) is 29.6 Å². The Hall–Kier alpha value is -2.67. The predicted molar refractivity (Wildman–Crippen MR) is 101 cm³/mol. The van der Waals surface area contributed by atoms with Crippen LogP contribution in [0.25, 0.3) is 10.8 Å². The van der Waals surface area contributed by atoms with Gasteiger partial charge in [0.2, 0.25) is 0 Å². The Morgan fingerprint density at radius 3 is 2.67 bits per heavy atom. The minimum atomic E-state index is -0.781. The topological polar surface area (TPSA) is 93.7 Å². The van der Waals surface area contributed by atoms with Crippen LogP contribution < -0.4 is 5.56 Å². The van der Waals surface area contributed by atoms with Crippen molar-refractivity contribution in [2.24, 2.45) is 5.41 Å². The minimum absolute atomic E-state index is 0.166. The van der Waals surface area contributed by atoms with Crippen LogP contribution in [-0.2, 0) is 4.79 Å². The van der Waals surface area contributed by atoms with Crippen LogP contribution in [0.4, 0.5) is 0 Å². The van der Waals surface area contributed by atoms with Gasteiger partial charge in [0, 0.05) is 36.1 Å². The molecule has 0 bridgehead atoms. The number of hydrogen-bond donors (Lipinski definition) is 2. The molecule has 4 rings (SSSR count). The molecule has 142 valence electrons. The number of carbonyl (C=O) groups excluding carboxylic acids is 1. The summed E-state index contributed by atoms with van der Waals surface area (Å²) in [5, 5.41) is 11.0. The average Bonchev–Trinajstić information content (AvgIpc) is 2.68. The fourth-order valence-electron chi connectivity index (χ4n) is 4.73. The first-order valence-corrected chi connectivity index (χ1v) is 9.27. The number of piperidine rings is 2. The van der Waals surface area contributed by atoms with E-state index in [2.05, 4.69) is 9.88 Å². The molecule has 0 radical (unpaired) electrons. The van der Waals surface area contributed by atoms with Gasteiger partial charge in [-0.2, -0.15) is 0 Å². The molecule has 2 N–H and O–H groups in total. The molecule has 0 unspecified atom stereocenters. The van der Waals surface area contributed by atoms with E-state index in [1.807, 2.05) is 7.05 Å². The van der Waals surface area contributed by atoms with Crippen LogP contribution in [0.5, 0.6) is 0 Å². The summed E-state index contributed by atoms with van der Waals surface area (Å²) in [7, 11) is 1.94. The zero-order valence-corrected chi connectivity index (χ0v) is 15.3. The summed E-state index contributed by atoms with van der Waals surface area (Å²) in [6.45, 7) is 1.63. The van der Waals surface area contributed by atoms with Crippen LogP contribution in [-0.4, -0.2) is 64.5 Å². The SMILES string of the molecule is CN1CCC[C@]2(C(=O)O)CCN(C(=O)c3c[nH]c(=O)c4ccccc34)C[C@@H]12. The number of aromatic amines is 1. The van der Waals surface area contributed by atoms with E-state index in [4.69, 9.17) is 0 Å². The van der Waals surface area contributed by atoms with Crippen LogP contribution >= 0.6 is 0 Å². The molecule has 7 heteroatoms. The van der Waals surface area contributed by atoms with Crippen molar-refractivity contribution in [2.75, 3.05) is 26.7 Å². The summed E-state index contributed by atoms with van der Waals surface area (Å²) in [5.74, 6) is -0.930. The van der Waals surface area contributed by atoms with E-state index < -0.39 is 11.4 Å². The van der Waals surface area contributed by atoms with Gasteiger partial charge >= 0.3 is 5.97 Å². The number of hydrogen-bond acceptors (Lipinski definition) is 4. The number of fused-ring (bicyclic) bond motifs is 2. The van der Waals surface area contributed by atoms with Gasteiger partial charge in [0.1, 0.15) is 0 Å². The molecule has 27 heavy (non-hydrogen) atoms. The van der Waals surface area contributed by atoms with Crippen molar-refractivity contribution in [3.8, 4) is 0 Å². The average molecular weight is 369 g/mol. The lowest BCUT2D eigenvalue weighted by Crippen LogP contribution is -2.63. The van der Waals surface area contributed by atoms with E-state index in [9.17, 15) is 19.5 Å². The number of H-pyrrole nitrogens is 1. The highest BCUT2D eigenvalue weighted by Crippen LogP contribution is 2.42. The number of carboxylic acid groups (broad SMARTS) is 1. The van der Waals surface area contributed by atoms with E-state index >= 15 is 0 Å². The molecule has 2 aliphatic rings. The molecular formula is C20H23N3O4. The van der Waals surface area contributed by atoms with Crippen molar-refractivity contribution >= 4 is 22.6 Å². The molecule has 1 amide bonds. The van der Waals surface area contributed by atoms with E-state index in [1.54, 1.807) is 29.2 Å². The smallest absolute Gasteiger partial charge is 0.311 e. The van der Waals surface area contributed by atoms with Gasteiger partial charge < -0.3 is 19.9 Å². The van der Waals surface area contributed by atoms with Gasteiger partial charge in [-0.25, -0.2) is 0 Å². The zero-order chi connectivity index (χ0) is 19.2. The second-order valence-electron chi connectivity index (χ2n) is 7.64. The van der Waals surface area contributed by atoms with E-state index in [-0.39, 0.29) is 17.5 Å². The van der Waals surface area contributed by atoms with Gasteiger partial charge in [-0.05, 0) is 38.9 Å². The Balaban J connectivity index is 1.68. The van der Waals surface area contributed by atoms with Crippen LogP contribution in [0.15, 0.2) is 35.3 Å². The standard InChI is InChI=1S/C20H23N3O4/c1-22-9-4-7-20(19(26)27)8-10-23(12-16(20)22)18(25)15-11-21-17(24)14-6-3-2-5-13(14)15/h2-3,5-6,11,16H,4,7-10,12H2,1H3,(H,21,24)(H,26,27)/t16-,20+/m1/s1. The van der Waals surface area contributed by atoms with E-state index in [0.717, 1.165) is 13.0 Å². The maximum atomic E-state index is 13.2. The molecule has 0 spiro atoms. The van der Waals surface area contributed by atoms with Crippen molar-refractivity contribution in [1.82, 2.24) is 14.8 Å². The number of pyridine rings is 1. The van der Waals surface area contributed by atoms with Gasteiger partial charge in [0.15, 0.2) is 0 Å². The van der Waals surface area contributed by atoms with E-state index in [1.165, 1.54) is 6.20 Å². The molecule has 2 aliphatic heterocycles. The summed E-state index contributed by atoms with van der Waals surface area (Å²) in [6, 6.07) is 6.85. The third kappa shape index (κ3) is 2.73. The molecule has 2 saturated heterocycles. The van der Waals surface area contributed by atoms with Gasteiger partial charge in [-0.15, -0.1) is 0 Å². The Morgan fingerprint density at radius 2 is 1.93 bits per heavy atom. The highest BCUT2D eigenvalue weighted by molar-refractivity contribution is 6.06. The number of likely N-dealkylation sites (tertiary alicyclic amines) is 2. The van der Waals surface area contributed by atoms with Gasteiger partial charge in [-0.3, -0.25) is 14.4 Å². The molecular weight excluding hydrogens is 346 g/mol. The Labute approximate surface area is 156 Å². The number of nitrogens with one attached hydrogen (secondary N) is 1. The lowest BCUT2D eigenvalue weighted by atomic mass is 9.68. The molecule has 7 nitrogen and oxygen atoms in total. The molecule has 1 aromatic heterocycles. The number of nitrogens with zero attached hydrogens (tertiary/aromatic N) is 2. The number of aromatic nitrogens is 1. The largest absolute Gasteiger partial charge is 0.481 e.